The number of aryl methyl sites for hydroxylation is 1. The second-order valence-electron chi connectivity index (χ2n) is 3.04. The van der Waals surface area contributed by atoms with Crippen LogP contribution in [0.1, 0.15) is 18.1 Å². The summed E-state index contributed by atoms with van der Waals surface area (Å²) in [4.78, 5) is 10.7. The van der Waals surface area contributed by atoms with Crippen molar-refractivity contribution in [3.8, 4) is 11.8 Å². The fraction of sp³-hybridized carbons (Fsp3) is 0.250. The Labute approximate surface area is 103 Å². The van der Waals surface area contributed by atoms with E-state index in [-0.39, 0.29) is 5.12 Å². The van der Waals surface area contributed by atoms with Gasteiger partial charge in [-0.1, -0.05) is 45.6 Å². The zero-order valence-electron chi connectivity index (χ0n) is 8.63. The van der Waals surface area contributed by atoms with Gasteiger partial charge in [-0.3, -0.25) is 4.79 Å². The summed E-state index contributed by atoms with van der Waals surface area (Å²) in [5.41, 5.74) is 2.16. The van der Waals surface area contributed by atoms with Crippen molar-refractivity contribution >= 4 is 32.8 Å². The second-order valence-corrected chi connectivity index (χ2v) is 5.11. The lowest BCUT2D eigenvalue weighted by atomic mass is 10.1. The van der Waals surface area contributed by atoms with E-state index in [1.165, 1.54) is 11.8 Å². The van der Waals surface area contributed by atoms with Gasteiger partial charge < -0.3 is 0 Å². The van der Waals surface area contributed by atoms with Crippen LogP contribution in [-0.2, 0) is 4.79 Å². The summed E-state index contributed by atoms with van der Waals surface area (Å²) in [5, 5.41) is 0.107. The minimum atomic E-state index is 0.107. The molecule has 0 aliphatic rings. The molecule has 0 aliphatic heterocycles. The summed E-state index contributed by atoms with van der Waals surface area (Å²) >= 11 is 4.64. The summed E-state index contributed by atoms with van der Waals surface area (Å²) < 4.78 is 1.02. The van der Waals surface area contributed by atoms with Crippen molar-refractivity contribution in [1.82, 2.24) is 0 Å². The molecular formula is C12H11BrOS. The molecule has 0 bridgehead atoms. The lowest BCUT2D eigenvalue weighted by molar-refractivity contribution is -0.109. The van der Waals surface area contributed by atoms with Crippen LogP contribution >= 0.6 is 27.7 Å². The number of hydrogen-bond donors (Lipinski definition) is 0. The van der Waals surface area contributed by atoms with Gasteiger partial charge in [-0.15, -0.1) is 0 Å². The van der Waals surface area contributed by atoms with Crippen molar-refractivity contribution in [2.75, 3.05) is 5.75 Å². The molecule has 3 heteroatoms. The third-order valence-corrected chi connectivity index (χ3v) is 2.96. The molecular weight excluding hydrogens is 272 g/mol. The highest BCUT2D eigenvalue weighted by Gasteiger charge is 1.95. The van der Waals surface area contributed by atoms with E-state index in [1.807, 2.05) is 25.1 Å². The predicted molar refractivity (Wildman–Crippen MR) is 68.9 cm³/mol. The number of carbonyl (C=O) groups excluding carboxylic acids is 1. The van der Waals surface area contributed by atoms with Crippen molar-refractivity contribution in [3.63, 3.8) is 0 Å². The molecule has 1 nitrogen and oxygen atoms in total. The first-order chi connectivity index (χ1) is 7.09. The molecule has 1 rings (SSSR count). The highest BCUT2D eigenvalue weighted by atomic mass is 79.9. The molecule has 0 spiro atoms. The molecule has 15 heavy (non-hydrogen) atoms. The zero-order chi connectivity index (χ0) is 11.3. The molecule has 1 aromatic rings. The van der Waals surface area contributed by atoms with Crippen LogP contribution < -0.4 is 0 Å². The van der Waals surface area contributed by atoms with E-state index in [4.69, 9.17) is 0 Å². The fourth-order valence-corrected chi connectivity index (χ4v) is 1.71. The van der Waals surface area contributed by atoms with E-state index in [0.717, 1.165) is 15.6 Å². The Kier molecular flexibility index (Phi) is 4.93. The quantitative estimate of drug-likeness (QED) is 0.735. The van der Waals surface area contributed by atoms with Gasteiger partial charge in [0.15, 0.2) is 5.12 Å². The first kappa shape index (κ1) is 12.4. The minimum absolute atomic E-state index is 0.107. The van der Waals surface area contributed by atoms with Crippen molar-refractivity contribution < 1.29 is 4.79 Å². The van der Waals surface area contributed by atoms with Crippen LogP contribution in [0.5, 0.6) is 0 Å². The Morgan fingerprint density at radius 2 is 2.27 bits per heavy atom. The van der Waals surface area contributed by atoms with Gasteiger partial charge >= 0.3 is 0 Å². The summed E-state index contributed by atoms with van der Waals surface area (Å²) in [6, 6.07) is 6.00. The van der Waals surface area contributed by atoms with Gasteiger partial charge in [0.1, 0.15) is 0 Å². The van der Waals surface area contributed by atoms with Gasteiger partial charge in [-0.2, -0.15) is 0 Å². The summed E-state index contributed by atoms with van der Waals surface area (Å²) in [5.74, 6) is 6.59. The van der Waals surface area contributed by atoms with E-state index < -0.39 is 0 Å². The molecule has 0 saturated heterocycles. The van der Waals surface area contributed by atoms with Gasteiger partial charge in [0.25, 0.3) is 0 Å². The monoisotopic (exact) mass is 282 g/mol. The topological polar surface area (TPSA) is 17.1 Å². The third-order valence-electron chi connectivity index (χ3n) is 1.77. The minimum Gasteiger partial charge on any atom is -0.288 e. The molecule has 0 atom stereocenters. The number of benzene rings is 1. The maximum atomic E-state index is 10.7. The van der Waals surface area contributed by atoms with Crippen LogP contribution in [0.25, 0.3) is 0 Å². The number of halogens is 1. The first-order valence-electron chi connectivity index (χ1n) is 4.48. The summed E-state index contributed by atoms with van der Waals surface area (Å²) in [6.45, 7) is 3.57. The number of rotatable bonds is 1. The second kappa shape index (κ2) is 5.99. The molecule has 0 amide bonds. The van der Waals surface area contributed by atoms with Crippen molar-refractivity contribution in [2.45, 2.75) is 13.8 Å². The van der Waals surface area contributed by atoms with Gasteiger partial charge in [0.2, 0.25) is 0 Å². The molecule has 0 radical (unpaired) electrons. The van der Waals surface area contributed by atoms with Gasteiger partial charge in [-0.25, -0.2) is 0 Å². The van der Waals surface area contributed by atoms with Gasteiger partial charge in [-0.05, 0) is 24.6 Å². The molecule has 1 aromatic carbocycles. The van der Waals surface area contributed by atoms with Crippen LogP contribution in [0.15, 0.2) is 22.7 Å². The number of thioether (sulfide) groups is 1. The molecule has 0 fully saturated rings. The molecule has 0 N–H and O–H groups in total. The molecule has 78 valence electrons. The average molecular weight is 283 g/mol. The third kappa shape index (κ3) is 4.55. The number of hydrogen-bond acceptors (Lipinski definition) is 2. The van der Waals surface area contributed by atoms with Crippen molar-refractivity contribution in [1.29, 1.82) is 0 Å². The van der Waals surface area contributed by atoms with Crippen molar-refractivity contribution in [2.24, 2.45) is 0 Å². The lowest BCUT2D eigenvalue weighted by Crippen LogP contribution is -1.84. The Hall–Kier alpha value is -0.720. The Morgan fingerprint density at radius 1 is 1.53 bits per heavy atom. The standard InChI is InChI=1S/C12H11BrOS/c1-9-5-6-12(13)8-11(9)4-3-7-15-10(2)14/h5-6,8H,7H2,1-2H3. The normalized spacial score (nSPS) is 9.27. The largest absolute Gasteiger partial charge is 0.288 e. The van der Waals surface area contributed by atoms with Crippen LogP contribution in [0.2, 0.25) is 0 Å². The van der Waals surface area contributed by atoms with E-state index in [1.54, 1.807) is 6.92 Å². The SMILES string of the molecule is CC(=O)SCC#Cc1cc(Br)ccc1C. The Balaban J connectivity index is 2.71. The van der Waals surface area contributed by atoms with E-state index in [9.17, 15) is 4.79 Å². The maximum absolute atomic E-state index is 10.7. The van der Waals surface area contributed by atoms with Crippen LogP contribution in [-0.4, -0.2) is 10.9 Å². The Morgan fingerprint density at radius 3 is 2.93 bits per heavy atom. The molecule has 0 heterocycles. The van der Waals surface area contributed by atoms with Crippen molar-refractivity contribution in [3.05, 3.63) is 33.8 Å². The summed E-state index contributed by atoms with van der Waals surface area (Å²) in [6.07, 6.45) is 0. The number of carbonyl (C=O) groups is 1. The van der Waals surface area contributed by atoms with Crippen LogP contribution in [0.4, 0.5) is 0 Å². The highest BCUT2D eigenvalue weighted by Crippen LogP contribution is 2.14. The van der Waals surface area contributed by atoms with Crippen LogP contribution in [0, 0.1) is 18.8 Å². The maximum Gasteiger partial charge on any atom is 0.186 e. The van der Waals surface area contributed by atoms with E-state index in [2.05, 4.69) is 27.8 Å². The Bertz CT molecular complexity index is 429. The smallest absolute Gasteiger partial charge is 0.186 e. The van der Waals surface area contributed by atoms with E-state index >= 15 is 0 Å². The predicted octanol–water partition coefficient (Wildman–Crippen LogP) is 3.39. The van der Waals surface area contributed by atoms with Gasteiger partial charge in [0, 0.05) is 17.0 Å². The molecule has 0 unspecified atom stereocenters. The lowest BCUT2D eigenvalue weighted by Gasteiger charge is -1.97. The molecule has 0 aliphatic carbocycles. The van der Waals surface area contributed by atoms with Gasteiger partial charge in [0.05, 0.1) is 5.75 Å². The molecule has 0 saturated carbocycles. The van der Waals surface area contributed by atoms with E-state index in [0.29, 0.717) is 5.75 Å². The fourth-order valence-electron chi connectivity index (χ4n) is 0.998. The van der Waals surface area contributed by atoms with Crippen LogP contribution in [0.3, 0.4) is 0 Å². The first-order valence-corrected chi connectivity index (χ1v) is 6.26. The highest BCUT2D eigenvalue weighted by molar-refractivity contribution is 9.10. The zero-order valence-corrected chi connectivity index (χ0v) is 11.0. The summed E-state index contributed by atoms with van der Waals surface area (Å²) in [7, 11) is 0. The molecule has 0 aromatic heterocycles. The average Bonchev–Trinajstić information content (AvgIpc) is 2.17.